The van der Waals surface area contributed by atoms with Gasteiger partial charge in [-0.05, 0) is 87.5 Å². The number of ketones is 1. The van der Waals surface area contributed by atoms with Crippen LogP contribution < -0.4 is 5.32 Å². The van der Waals surface area contributed by atoms with Crippen LogP contribution in [0.15, 0.2) is 16.8 Å². The van der Waals surface area contributed by atoms with Crippen LogP contribution in [0, 0.1) is 28.6 Å². The van der Waals surface area contributed by atoms with E-state index in [0.717, 1.165) is 50.7 Å². The number of fused-ring (bicyclic) bond motifs is 5. The molecular weight excluding hydrogens is 424 g/mol. The molecule has 6 atom stereocenters. The predicted molar refractivity (Wildman–Crippen MR) is 121 cm³/mol. The third-order valence-electron chi connectivity index (χ3n) is 9.53. The Balaban J connectivity index is 1.45. The second kappa shape index (κ2) is 8.53. The molecule has 0 aliphatic heterocycles. The van der Waals surface area contributed by atoms with Gasteiger partial charge in [-0.2, -0.15) is 0 Å². The summed E-state index contributed by atoms with van der Waals surface area (Å²) in [5, 5.41) is 26.3. The number of allylic oxidation sites excluding steroid dienone is 2. The number of rotatable bonds is 6. The van der Waals surface area contributed by atoms with E-state index in [4.69, 9.17) is 9.94 Å². The van der Waals surface area contributed by atoms with Gasteiger partial charge in [-0.1, -0.05) is 24.6 Å². The molecule has 4 aliphatic rings. The molecule has 0 unspecified atom stereocenters. The number of aliphatic hydroxyl groups is 1. The fourth-order valence-electron chi connectivity index (χ4n) is 7.64. The molecule has 0 bridgehead atoms. The molecule has 8 heteroatoms. The minimum atomic E-state index is -1.18. The van der Waals surface area contributed by atoms with E-state index in [1.165, 1.54) is 5.57 Å². The van der Waals surface area contributed by atoms with Gasteiger partial charge >= 0.3 is 5.97 Å². The van der Waals surface area contributed by atoms with Gasteiger partial charge in [0.05, 0.1) is 5.71 Å². The first-order chi connectivity index (χ1) is 15.5. The average molecular weight is 461 g/mol. The normalized spacial score (nSPS) is 40.8. The van der Waals surface area contributed by atoms with Crippen molar-refractivity contribution in [2.75, 3.05) is 13.2 Å². The number of nitrogens with one attached hydrogen (secondary N) is 1. The van der Waals surface area contributed by atoms with E-state index < -0.39 is 24.0 Å². The van der Waals surface area contributed by atoms with Gasteiger partial charge in [0.2, 0.25) is 0 Å². The van der Waals surface area contributed by atoms with Crippen LogP contribution in [0.2, 0.25) is 0 Å². The Bertz CT molecular complexity index is 913. The number of carboxylic acid groups (broad SMARTS) is 1. The molecule has 0 radical (unpaired) electrons. The SMILES string of the molecule is CC(=O)[C@@]1(O)CC[C@H]2[C@@H]3CCC4=C/C(=N/OCC(=O)NCC(=O)O)CC[C@]4(C)[C@H]3CC[C@@]21C. The van der Waals surface area contributed by atoms with Gasteiger partial charge in [0.1, 0.15) is 12.1 Å². The molecule has 0 heterocycles. The van der Waals surface area contributed by atoms with Crippen molar-refractivity contribution in [3.05, 3.63) is 11.6 Å². The van der Waals surface area contributed by atoms with E-state index in [-0.39, 0.29) is 23.2 Å². The molecule has 0 aromatic rings. The van der Waals surface area contributed by atoms with Crippen LogP contribution in [-0.2, 0) is 19.2 Å². The summed E-state index contributed by atoms with van der Waals surface area (Å²) in [6.45, 7) is 5.31. The fraction of sp³-hybridized carbons (Fsp3) is 0.760. The number of hydrogen-bond acceptors (Lipinski definition) is 6. The van der Waals surface area contributed by atoms with Gasteiger partial charge in [0.25, 0.3) is 5.91 Å². The maximum absolute atomic E-state index is 12.4. The minimum absolute atomic E-state index is 0.0799. The number of carbonyl (C=O) groups excluding carboxylic acids is 2. The smallest absolute Gasteiger partial charge is 0.322 e. The highest BCUT2D eigenvalue weighted by atomic mass is 16.6. The Morgan fingerprint density at radius 3 is 2.55 bits per heavy atom. The second-order valence-electron chi connectivity index (χ2n) is 10.9. The number of hydrogen-bond donors (Lipinski definition) is 3. The first-order valence-electron chi connectivity index (χ1n) is 12.1. The van der Waals surface area contributed by atoms with Crippen LogP contribution in [-0.4, -0.2) is 52.3 Å². The Morgan fingerprint density at radius 2 is 1.85 bits per heavy atom. The summed E-state index contributed by atoms with van der Waals surface area (Å²) in [4.78, 5) is 39.7. The van der Waals surface area contributed by atoms with Crippen molar-refractivity contribution in [3.63, 3.8) is 0 Å². The predicted octanol–water partition coefficient (Wildman–Crippen LogP) is 2.84. The topological polar surface area (TPSA) is 125 Å². The van der Waals surface area contributed by atoms with E-state index in [9.17, 15) is 19.5 Å². The molecule has 3 N–H and O–H groups in total. The molecule has 3 fully saturated rings. The summed E-state index contributed by atoms with van der Waals surface area (Å²) in [6.07, 6.45) is 9.30. The summed E-state index contributed by atoms with van der Waals surface area (Å²) in [5.74, 6) is -0.257. The van der Waals surface area contributed by atoms with Crippen LogP contribution >= 0.6 is 0 Å². The van der Waals surface area contributed by atoms with Gasteiger partial charge in [0, 0.05) is 5.41 Å². The van der Waals surface area contributed by atoms with Crippen LogP contribution in [0.5, 0.6) is 0 Å². The Kier molecular flexibility index (Phi) is 6.18. The van der Waals surface area contributed by atoms with Gasteiger partial charge in [0.15, 0.2) is 12.4 Å². The summed E-state index contributed by atoms with van der Waals surface area (Å²) in [5.41, 5.74) is 0.781. The van der Waals surface area contributed by atoms with Gasteiger partial charge in [-0.3, -0.25) is 14.4 Å². The van der Waals surface area contributed by atoms with Crippen molar-refractivity contribution < 1.29 is 29.4 Å². The Labute approximate surface area is 194 Å². The molecular formula is C25H36N2O6. The minimum Gasteiger partial charge on any atom is -0.480 e. The largest absolute Gasteiger partial charge is 0.480 e. The lowest BCUT2D eigenvalue weighted by Crippen LogP contribution is -2.57. The molecule has 1 amide bonds. The average Bonchev–Trinajstić information content (AvgIpc) is 3.04. The summed E-state index contributed by atoms with van der Waals surface area (Å²) in [7, 11) is 0. The van der Waals surface area contributed by atoms with Crippen molar-refractivity contribution in [1.82, 2.24) is 5.32 Å². The van der Waals surface area contributed by atoms with Crippen molar-refractivity contribution in [2.45, 2.75) is 77.7 Å². The van der Waals surface area contributed by atoms with E-state index in [0.29, 0.717) is 24.2 Å². The highest BCUT2D eigenvalue weighted by Crippen LogP contribution is 2.67. The number of carboxylic acids is 1. The third kappa shape index (κ3) is 3.90. The molecule has 182 valence electrons. The summed E-state index contributed by atoms with van der Waals surface area (Å²) in [6, 6.07) is 0. The van der Waals surface area contributed by atoms with Crippen LogP contribution in [0.25, 0.3) is 0 Å². The Hall–Kier alpha value is -2.22. The van der Waals surface area contributed by atoms with Crippen molar-refractivity contribution in [1.29, 1.82) is 0 Å². The van der Waals surface area contributed by atoms with Crippen molar-refractivity contribution in [2.24, 2.45) is 33.7 Å². The first-order valence-corrected chi connectivity index (χ1v) is 12.1. The standard InChI is InChI=1S/C25H36N2O6/c1-15(28)25(32)11-8-20-18-5-4-16-12-17(27-33-14-21(29)26-13-22(30)31)6-9-23(16,2)19(18)7-10-24(20,25)3/h12,18-20,32H,4-11,13-14H2,1-3H3,(H,26,29)(H,30,31)/b27-17+/t18-,19+,20+,23+,24+,25+/m1/s1. The number of amides is 1. The molecule has 0 aromatic heterocycles. The first kappa shape index (κ1) is 23.9. The second-order valence-corrected chi connectivity index (χ2v) is 10.9. The summed E-state index contributed by atoms with van der Waals surface area (Å²) < 4.78 is 0. The molecule has 33 heavy (non-hydrogen) atoms. The van der Waals surface area contributed by atoms with Gasteiger partial charge in [-0.25, -0.2) is 0 Å². The fourth-order valence-corrected chi connectivity index (χ4v) is 7.64. The molecule has 0 aromatic carbocycles. The molecule has 8 nitrogen and oxygen atoms in total. The highest BCUT2D eigenvalue weighted by molar-refractivity contribution is 5.96. The van der Waals surface area contributed by atoms with Gasteiger partial charge in [-0.15, -0.1) is 0 Å². The number of nitrogens with zero attached hydrogens (tertiary/aromatic N) is 1. The van der Waals surface area contributed by atoms with Crippen LogP contribution in [0.1, 0.15) is 72.1 Å². The maximum atomic E-state index is 12.4. The van der Waals surface area contributed by atoms with E-state index in [1.807, 2.05) is 0 Å². The number of carbonyl (C=O) groups is 3. The molecule has 3 saturated carbocycles. The lowest BCUT2D eigenvalue weighted by atomic mass is 9.46. The zero-order valence-corrected chi connectivity index (χ0v) is 19.9. The number of oxime groups is 1. The Morgan fingerprint density at radius 1 is 1.12 bits per heavy atom. The quantitative estimate of drug-likeness (QED) is 0.524. The maximum Gasteiger partial charge on any atom is 0.322 e. The van der Waals surface area contributed by atoms with E-state index in [1.54, 1.807) is 6.92 Å². The highest BCUT2D eigenvalue weighted by Gasteiger charge is 2.65. The summed E-state index contributed by atoms with van der Waals surface area (Å²) >= 11 is 0. The lowest BCUT2D eigenvalue weighted by molar-refractivity contribution is -0.159. The van der Waals surface area contributed by atoms with Crippen molar-refractivity contribution in [3.8, 4) is 0 Å². The van der Waals surface area contributed by atoms with Crippen molar-refractivity contribution >= 4 is 23.4 Å². The zero-order valence-electron chi connectivity index (χ0n) is 19.9. The van der Waals surface area contributed by atoms with Crippen LogP contribution in [0.3, 0.4) is 0 Å². The van der Waals surface area contributed by atoms with E-state index >= 15 is 0 Å². The number of Topliss-reactive ketones (excluding diaryl/α,β-unsaturated/α-hetero) is 1. The third-order valence-corrected chi connectivity index (χ3v) is 9.53. The zero-order chi connectivity index (χ0) is 24.0. The molecule has 0 spiro atoms. The van der Waals surface area contributed by atoms with E-state index in [2.05, 4.69) is 30.4 Å². The molecule has 4 rings (SSSR count). The number of aliphatic carboxylic acids is 1. The monoisotopic (exact) mass is 460 g/mol. The van der Waals surface area contributed by atoms with Crippen LogP contribution in [0.4, 0.5) is 0 Å². The van der Waals surface area contributed by atoms with Gasteiger partial charge < -0.3 is 20.4 Å². The molecule has 0 saturated heterocycles. The lowest BCUT2D eigenvalue weighted by Gasteiger charge is -2.59. The molecule has 4 aliphatic carbocycles.